The molecule has 0 aliphatic carbocycles. The van der Waals surface area contributed by atoms with Crippen molar-refractivity contribution >= 4 is 17.7 Å². The first-order valence-electron chi connectivity index (χ1n) is 7.62. The summed E-state index contributed by atoms with van der Waals surface area (Å²) in [5.41, 5.74) is 3.48. The Morgan fingerprint density at radius 1 is 1.17 bits per heavy atom. The van der Waals surface area contributed by atoms with Crippen molar-refractivity contribution in [3.8, 4) is 5.75 Å². The molecule has 24 heavy (non-hydrogen) atoms. The van der Waals surface area contributed by atoms with Gasteiger partial charge in [-0.05, 0) is 42.8 Å². The van der Waals surface area contributed by atoms with Gasteiger partial charge in [-0.15, -0.1) is 0 Å². The second kappa shape index (κ2) is 8.15. The van der Waals surface area contributed by atoms with Crippen LogP contribution in [0.4, 0.5) is 5.69 Å². The molecule has 0 N–H and O–H groups in total. The Labute approximate surface area is 142 Å². The van der Waals surface area contributed by atoms with Crippen LogP contribution in [0, 0.1) is 0 Å². The summed E-state index contributed by atoms with van der Waals surface area (Å²) < 4.78 is 5.28. The maximum Gasteiger partial charge on any atom is 0.159 e. The molecule has 5 nitrogen and oxygen atoms in total. The summed E-state index contributed by atoms with van der Waals surface area (Å²) in [6.07, 6.45) is 1.65. The highest BCUT2D eigenvalue weighted by Crippen LogP contribution is 2.21. The predicted octanol–water partition coefficient (Wildman–Crippen LogP) is 3.51. The number of methoxy groups -OCH3 is 1. The Bertz CT molecular complexity index is 722. The number of carbonyl (C=O) groups excluding carboxylic acids is 1. The van der Waals surface area contributed by atoms with E-state index in [1.165, 1.54) is 6.92 Å². The highest BCUT2D eigenvalue weighted by Gasteiger charge is 2.07. The number of ether oxygens (including phenoxy) is 1. The molecule has 0 unspecified atom stereocenters. The molecule has 2 aromatic rings. The highest BCUT2D eigenvalue weighted by atomic mass is 16.6. The van der Waals surface area contributed by atoms with Gasteiger partial charge in [0.2, 0.25) is 0 Å². The number of benzene rings is 2. The average molecular weight is 326 g/mol. The normalized spacial score (nSPS) is 10.7. The van der Waals surface area contributed by atoms with E-state index in [-0.39, 0.29) is 12.4 Å². The zero-order valence-electron chi connectivity index (χ0n) is 14.4. The van der Waals surface area contributed by atoms with Crippen LogP contribution in [-0.2, 0) is 11.4 Å². The standard InChI is InChI=1S/C19H22N2O3/c1-14(22)16-7-10-19(23-4)17(11-16)13-24-20-12-15-5-8-18(9-6-15)21(2)3/h5-12H,13H2,1-4H3/b20-12+. The van der Waals surface area contributed by atoms with Crippen LogP contribution in [0.3, 0.4) is 0 Å². The summed E-state index contributed by atoms with van der Waals surface area (Å²) in [5, 5.41) is 3.98. The molecule has 0 aliphatic rings. The number of anilines is 1. The van der Waals surface area contributed by atoms with Crippen LogP contribution in [0.1, 0.15) is 28.4 Å². The van der Waals surface area contributed by atoms with Crippen molar-refractivity contribution in [1.29, 1.82) is 0 Å². The third-order valence-corrected chi connectivity index (χ3v) is 3.59. The van der Waals surface area contributed by atoms with Crippen LogP contribution in [0.15, 0.2) is 47.6 Å². The number of hydrogen-bond donors (Lipinski definition) is 0. The fourth-order valence-electron chi connectivity index (χ4n) is 2.17. The number of oxime groups is 1. The molecule has 0 saturated carbocycles. The number of Topliss-reactive ketones (excluding diaryl/α,β-unsaturated/α-hetero) is 1. The Hall–Kier alpha value is -2.82. The fourth-order valence-corrected chi connectivity index (χ4v) is 2.17. The number of carbonyl (C=O) groups is 1. The molecule has 126 valence electrons. The van der Waals surface area contributed by atoms with Gasteiger partial charge >= 0.3 is 0 Å². The Morgan fingerprint density at radius 2 is 1.88 bits per heavy atom. The summed E-state index contributed by atoms with van der Waals surface area (Å²) in [4.78, 5) is 18.9. The zero-order valence-corrected chi connectivity index (χ0v) is 14.4. The minimum absolute atomic E-state index is 0.00314. The summed E-state index contributed by atoms with van der Waals surface area (Å²) in [6.45, 7) is 1.76. The van der Waals surface area contributed by atoms with E-state index in [0.29, 0.717) is 11.3 Å². The van der Waals surface area contributed by atoms with E-state index in [9.17, 15) is 4.79 Å². The second-order valence-corrected chi connectivity index (χ2v) is 5.58. The Balaban J connectivity index is 2.00. The van der Waals surface area contributed by atoms with Crippen molar-refractivity contribution in [2.45, 2.75) is 13.5 Å². The monoisotopic (exact) mass is 326 g/mol. The van der Waals surface area contributed by atoms with E-state index in [2.05, 4.69) is 5.16 Å². The minimum Gasteiger partial charge on any atom is -0.496 e. The van der Waals surface area contributed by atoms with E-state index in [1.807, 2.05) is 43.3 Å². The third kappa shape index (κ3) is 4.59. The van der Waals surface area contributed by atoms with E-state index in [4.69, 9.17) is 9.57 Å². The lowest BCUT2D eigenvalue weighted by Gasteiger charge is -2.11. The summed E-state index contributed by atoms with van der Waals surface area (Å²) in [6, 6.07) is 13.2. The van der Waals surface area contributed by atoms with Gasteiger partial charge in [-0.3, -0.25) is 4.79 Å². The first-order chi connectivity index (χ1) is 11.5. The van der Waals surface area contributed by atoms with Gasteiger partial charge in [0.25, 0.3) is 0 Å². The highest BCUT2D eigenvalue weighted by molar-refractivity contribution is 5.94. The number of nitrogens with zero attached hydrogens (tertiary/aromatic N) is 2. The van der Waals surface area contributed by atoms with Gasteiger partial charge in [0, 0.05) is 30.9 Å². The average Bonchev–Trinajstić information content (AvgIpc) is 2.58. The van der Waals surface area contributed by atoms with Gasteiger partial charge in [0.15, 0.2) is 5.78 Å². The zero-order chi connectivity index (χ0) is 17.5. The van der Waals surface area contributed by atoms with E-state index in [0.717, 1.165) is 16.8 Å². The first-order valence-corrected chi connectivity index (χ1v) is 7.62. The van der Waals surface area contributed by atoms with Gasteiger partial charge in [0.1, 0.15) is 12.4 Å². The first kappa shape index (κ1) is 17.5. The van der Waals surface area contributed by atoms with Crippen LogP contribution in [-0.4, -0.2) is 33.2 Å². The van der Waals surface area contributed by atoms with Crippen molar-refractivity contribution in [1.82, 2.24) is 0 Å². The van der Waals surface area contributed by atoms with E-state index >= 15 is 0 Å². The van der Waals surface area contributed by atoms with Crippen molar-refractivity contribution in [3.63, 3.8) is 0 Å². The minimum atomic E-state index is 0.00314. The molecular weight excluding hydrogens is 304 g/mol. The van der Waals surface area contributed by atoms with Crippen molar-refractivity contribution in [3.05, 3.63) is 59.2 Å². The molecule has 2 rings (SSSR count). The molecule has 0 saturated heterocycles. The Kier molecular flexibility index (Phi) is 5.95. The van der Waals surface area contributed by atoms with E-state index in [1.54, 1.807) is 31.5 Å². The lowest BCUT2D eigenvalue weighted by atomic mass is 10.1. The topological polar surface area (TPSA) is 51.1 Å². The second-order valence-electron chi connectivity index (χ2n) is 5.58. The van der Waals surface area contributed by atoms with Gasteiger partial charge in [-0.2, -0.15) is 0 Å². The maximum absolute atomic E-state index is 11.5. The largest absolute Gasteiger partial charge is 0.496 e. The van der Waals surface area contributed by atoms with Crippen LogP contribution in [0.25, 0.3) is 0 Å². The predicted molar refractivity (Wildman–Crippen MR) is 96.2 cm³/mol. The fraction of sp³-hybridized carbons (Fsp3) is 0.263. The molecule has 0 amide bonds. The van der Waals surface area contributed by atoms with Crippen LogP contribution in [0.2, 0.25) is 0 Å². The summed E-state index contributed by atoms with van der Waals surface area (Å²) in [7, 11) is 5.57. The molecule has 0 spiro atoms. The molecule has 5 heteroatoms. The van der Waals surface area contributed by atoms with Crippen molar-refractivity contribution in [2.24, 2.45) is 5.16 Å². The number of hydrogen-bond acceptors (Lipinski definition) is 5. The molecule has 2 aromatic carbocycles. The van der Waals surface area contributed by atoms with Crippen LogP contribution < -0.4 is 9.64 Å². The molecule has 0 aromatic heterocycles. The van der Waals surface area contributed by atoms with Crippen LogP contribution >= 0.6 is 0 Å². The maximum atomic E-state index is 11.5. The third-order valence-electron chi connectivity index (χ3n) is 3.59. The molecule has 0 aliphatic heterocycles. The smallest absolute Gasteiger partial charge is 0.159 e. The Morgan fingerprint density at radius 3 is 2.46 bits per heavy atom. The van der Waals surface area contributed by atoms with Gasteiger partial charge < -0.3 is 14.5 Å². The summed E-state index contributed by atoms with van der Waals surface area (Å²) in [5.74, 6) is 0.675. The SMILES string of the molecule is COc1ccc(C(C)=O)cc1CO/N=C/c1ccc(N(C)C)cc1. The number of ketones is 1. The van der Waals surface area contributed by atoms with Gasteiger partial charge in [-0.25, -0.2) is 0 Å². The molecular formula is C19H22N2O3. The quantitative estimate of drug-likeness (QED) is 0.444. The van der Waals surface area contributed by atoms with Gasteiger partial charge in [0.05, 0.1) is 13.3 Å². The lowest BCUT2D eigenvalue weighted by Crippen LogP contribution is -2.08. The van der Waals surface area contributed by atoms with Crippen LogP contribution in [0.5, 0.6) is 5.75 Å². The van der Waals surface area contributed by atoms with Gasteiger partial charge in [-0.1, -0.05) is 17.3 Å². The number of rotatable bonds is 7. The molecule has 0 bridgehead atoms. The van der Waals surface area contributed by atoms with Crippen molar-refractivity contribution < 1.29 is 14.4 Å². The van der Waals surface area contributed by atoms with E-state index < -0.39 is 0 Å². The van der Waals surface area contributed by atoms with Crippen molar-refractivity contribution in [2.75, 3.05) is 26.1 Å². The summed E-state index contributed by atoms with van der Waals surface area (Å²) >= 11 is 0. The molecule has 0 radical (unpaired) electrons. The molecule has 0 heterocycles. The molecule has 0 atom stereocenters. The lowest BCUT2D eigenvalue weighted by molar-refractivity contribution is 0.101. The molecule has 0 fully saturated rings.